The number of aromatic nitrogens is 3. The fourth-order valence-electron chi connectivity index (χ4n) is 6.88. The molecule has 1 unspecified atom stereocenters. The van der Waals surface area contributed by atoms with Gasteiger partial charge in [-0.05, 0) is 118 Å². The number of rotatable bonds is 14. The van der Waals surface area contributed by atoms with Gasteiger partial charge in [0.15, 0.2) is 5.65 Å². The van der Waals surface area contributed by atoms with Gasteiger partial charge in [-0.2, -0.15) is 5.10 Å². The van der Waals surface area contributed by atoms with E-state index in [2.05, 4.69) is 88.2 Å². The molecule has 11 nitrogen and oxygen atoms in total. The zero-order chi connectivity index (χ0) is 34.9. The zero-order valence-corrected chi connectivity index (χ0v) is 29.2. The molecule has 0 bridgehead atoms. The number of hydrogen-bond acceptors (Lipinski definition) is 8. The van der Waals surface area contributed by atoms with Gasteiger partial charge in [-0.25, -0.2) is 14.3 Å². The first-order chi connectivity index (χ1) is 24.4. The molecule has 2 aromatic heterocycles. The Hall–Kier alpha value is -4.77. The van der Waals surface area contributed by atoms with Crippen molar-refractivity contribution in [3.05, 3.63) is 83.2 Å². The number of imide groups is 1. The van der Waals surface area contributed by atoms with E-state index >= 15 is 0 Å². The Morgan fingerprint density at radius 1 is 1.00 bits per heavy atom. The summed E-state index contributed by atoms with van der Waals surface area (Å²) in [4.78, 5) is 42.6. The quantitative estimate of drug-likeness (QED) is 0.107. The number of nitrogens with one attached hydrogen (secondary N) is 3. The molecule has 1 atom stereocenters. The normalized spacial score (nSPS) is 17.1. The minimum absolute atomic E-state index is 0.197. The summed E-state index contributed by atoms with van der Waals surface area (Å²) in [5.41, 5.74) is 8.35. The summed E-state index contributed by atoms with van der Waals surface area (Å²) >= 11 is 0. The number of nitrogens with zero attached hydrogens (tertiary/aromatic N) is 4. The van der Waals surface area contributed by atoms with Crippen LogP contribution in [0, 0.1) is 6.92 Å². The van der Waals surface area contributed by atoms with E-state index in [0.717, 1.165) is 104 Å². The Morgan fingerprint density at radius 2 is 1.82 bits per heavy atom. The van der Waals surface area contributed by atoms with Crippen molar-refractivity contribution in [2.75, 3.05) is 31.6 Å². The molecule has 11 heteroatoms. The van der Waals surface area contributed by atoms with Gasteiger partial charge in [-0.15, -0.1) is 0 Å². The first kappa shape index (κ1) is 35.1. The Balaban J connectivity index is 0.940. The minimum atomic E-state index is -0.381. The summed E-state index contributed by atoms with van der Waals surface area (Å²) in [7, 11) is 0. The number of ether oxygens (including phenoxy) is 1. The van der Waals surface area contributed by atoms with Crippen LogP contribution in [-0.2, 0) is 27.3 Å². The number of anilines is 1. The number of fused-ring (bicyclic) bond motifs is 1. The van der Waals surface area contributed by atoms with Crippen LogP contribution in [0.3, 0.4) is 0 Å². The lowest BCUT2D eigenvalue weighted by Crippen LogP contribution is -2.47. The third kappa shape index (κ3) is 9.06. The average molecular weight is 680 g/mol. The van der Waals surface area contributed by atoms with Crippen molar-refractivity contribution in [3.8, 4) is 11.3 Å². The second-order valence-corrected chi connectivity index (χ2v) is 13.6. The standard InChI is InChI=1S/C39H49N7O4/c1-3-4-23-50-39(49)41-26-31-9-8-30(24-27(31)2)35-16-19-40-36-25-33(44-46(35)36)7-5-6-20-45-21-17-29(18-22-45)28-10-12-32(13-11-28)42-34-14-15-37(47)43-38(34)48/h8-13,16,19,24-25,29,34,42H,3-7,14-15,17-18,20-23,26H2,1-2H3,(H,41,49)(H,43,47,48). The number of alkyl carbamates (subject to hydrolysis) is 1. The molecule has 4 heterocycles. The molecule has 2 aliphatic rings. The molecule has 264 valence electrons. The molecule has 3 amide bonds. The highest BCUT2D eigenvalue weighted by atomic mass is 16.5. The van der Waals surface area contributed by atoms with Crippen molar-refractivity contribution in [2.24, 2.45) is 0 Å². The van der Waals surface area contributed by atoms with E-state index in [1.165, 1.54) is 5.56 Å². The lowest BCUT2D eigenvalue weighted by Gasteiger charge is -2.32. The summed E-state index contributed by atoms with van der Waals surface area (Å²) in [5, 5.41) is 13.5. The van der Waals surface area contributed by atoms with Crippen LogP contribution in [0.2, 0.25) is 0 Å². The van der Waals surface area contributed by atoms with Crippen molar-refractivity contribution in [2.45, 2.75) is 90.1 Å². The maximum atomic E-state index is 12.1. The third-order valence-electron chi connectivity index (χ3n) is 9.91. The topological polar surface area (TPSA) is 130 Å². The molecule has 0 spiro atoms. The summed E-state index contributed by atoms with van der Waals surface area (Å²) < 4.78 is 7.15. The second-order valence-electron chi connectivity index (χ2n) is 13.6. The largest absolute Gasteiger partial charge is 0.450 e. The van der Waals surface area contributed by atoms with Gasteiger partial charge in [0.1, 0.15) is 6.04 Å². The predicted molar refractivity (Wildman–Crippen MR) is 194 cm³/mol. The zero-order valence-electron chi connectivity index (χ0n) is 29.2. The molecule has 0 radical (unpaired) electrons. The summed E-state index contributed by atoms with van der Waals surface area (Å²) in [6.07, 6.45) is 9.60. The lowest BCUT2D eigenvalue weighted by atomic mass is 9.89. The monoisotopic (exact) mass is 679 g/mol. The molecule has 50 heavy (non-hydrogen) atoms. The number of piperidine rings is 2. The number of amides is 3. The van der Waals surface area contributed by atoms with Crippen molar-refractivity contribution in [3.63, 3.8) is 0 Å². The van der Waals surface area contributed by atoms with Gasteiger partial charge in [0.2, 0.25) is 11.8 Å². The Morgan fingerprint density at radius 3 is 2.58 bits per heavy atom. The van der Waals surface area contributed by atoms with Gasteiger partial charge in [0.25, 0.3) is 0 Å². The fraction of sp³-hybridized carbons (Fsp3) is 0.462. The van der Waals surface area contributed by atoms with Crippen molar-refractivity contribution >= 4 is 29.2 Å². The summed E-state index contributed by atoms with van der Waals surface area (Å²) in [6.45, 7) is 8.28. The van der Waals surface area contributed by atoms with E-state index in [-0.39, 0.29) is 23.9 Å². The van der Waals surface area contributed by atoms with Crippen LogP contribution in [0.15, 0.2) is 60.8 Å². The fourth-order valence-corrected chi connectivity index (χ4v) is 6.88. The Kier molecular flexibility index (Phi) is 11.8. The molecular formula is C39H49N7O4. The predicted octanol–water partition coefficient (Wildman–Crippen LogP) is 6.15. The minimum Gasteiger partial charge on any atom is -0.450 e. The SMILES string of the molecule is CCCCOC(=O)NCc1ccc(-c2ccnc3cc(CCCCN4CCC(c5ccc(NC6CCC(=O)NC6=O)cc5)CC4)nn23)cc1C. The van der Waals surface area contributed by atoms with E-state index in [0.29, 0.717) is 31.9 Å². The first-order valence-corrected chi connectivity index (χ1v) is 18.1. The van der Waals surface area contributed by atoms with Gasteiger partial charge in [0.05, 0.1) is 18.0 Å². The molecule has 2 saturated heterocycles. The van der Waals surface area contributed by atoms with Crippen LogP contribution < -0.4 is 16.0 Å². The maximum Gasteiger partial charge on any atom is 0.407 e. The van der Waals surface area contributed by atoms with Gasteiger partial charge in [0, 0.05) is 36.5 Å². The Bertz CT molecular complexity index is 1780. The van der Waals surface area contributed by atoms with Gasteiger partial charge < -0.3 is 20.3 Å². The van der Waals surface area contributed by atoms with Crippen LogP contribution in [0.1, 0.15) is 86.6 Å². The number of carbonyl (C=O) groups is 3. The van der Waals surface area contributed by atoms with Crippen LogP contribution in [0.5, 0.6) is 0 Å². The second kappa shape index (κ2) is 16.8. The van der Waals surface area contributed by atoms with E-state index in [4.69, 9.17) is 9.84 Å². The number of unbranched alkanes of at least 4 members (excludes halogenated alkanes) is 2. The van der Waals surface area contributed by atoms with Crippen molar-refractivity contribution in [1.82, 2.24) is 30.1 Å². The first-order valence-electron chi connectivity index (χ1n) is 18.1. The van der Waals surface area contributed by atoms with Crippen LogP contribution in [0.4, 0.5) is 10.5 Å². The molecule has 6 rings (SSSR count). The van der Waals surface area contributed by atoms with E-state index < -0.39 is 0 Å². The van der Waals surface area contributed by atoms with Crippen molar-refractivity contribution < 1.29 is 19.1 Å². The molecule has 0 saturated carbocycles. The van der Waals surface area contributed by atoms with Gasteiger partial charge in [-0.3, -0.25) is 14.9 Å². The maximum absolute atomic E-state index is 12.1. The highest BCUT2D eigenvalue weighted by Gasteiger charge is 2.26. The molecule has 2 aromatic carbocycles. The highest BCUT2D eigenvalue weighted by molar-refractivity contribution is 6.01. The van der Waals surface area contributed by atoms with E-state index in [1.54, 1.807) is 0 Å². The number of carbonyl (C=O) groups excluding carboxylic acids is 3. The molecule has 4 aromatic rings. The van der Waals surface area contributed by atoms with Crippen LogP contribution in [-0.4, -0.2) is 69.7 Å². The summed E-state index contributed by atoms with van der Waals surface area (Å²) in [5.74, 6) is 0.105. The van der Waals surface area contributed by atoms with Gasteiger partial charge >= 0.3 is 6.09 Å². The average Bonchev–Trinajstić information content (AvgIpc) is 3.55. The summed E-state index contributed by atoms with van der Waals surface area (Å²) in [6, 6.07) is 18.4. The number of benzene rings is 2. The smallest absolute Gasteiger partial charge is 0.407 e. The molecule has 2 aliphatic heterocycles. The molecule has 0 aliphatic carbocycles. The molecular weight excluding hydrogens is 630 g/mol. The van der Waals surface area contributed by atoms with Crippen LogP contribution >= 0.6 is 0 Å². The number of likely N-dealkylation sites (tertiary alicyclic amines) is 1. The lowest BCUT2D eigenvalue weighted by molar-refractivity contribution is -0.133. The molecule has 2 fully saturated rings. The van der Waals surface area contributed by atoms with Crippen LogP contribution in [0.25, 0.3) is 16.9 Å². The molecule has 3 N–H and O–H groups in total. The van der Waals surface area contributed by atoms with E-state index in [1.807, 2.05) is 16.8 Å². The Labute approximate surface area is 294 Å². The van der Waals surface area contributed by atoms with Gasteiger partial charge in [-0.1, -0.05) is 37.6 Å². The number of aryl methyl sites for hydroxylation is 2. The number of hydrogen-bond donors (Lipinski definition) is 3. The highest BCUT2D eigenvalue weighted by Crippen LogP contribution is 2.30. The third-order valence-corrected chi connectivity index (χ3v) is 9.91. The van der Waals surface area contributed by atoms with Crippen molar-refractivity contribution in [1.29, 1.82) is 0 Å². The van der Waals surface area contributed by atoms with E-state index in [9.17, 15) is 14.4 Å².